The van der Waals surface area contributed by atoms with E-state index in [1.165, 1.54) is 0 Å². The molecule has 0 N–H and O–H groups in total. The molecule has 0 unspecified atom stereocenters. The summed E-state index contributed by atoms with van der Waals surface area (Å²) in [6, 6.07) is 0. The van der Waals surface area contributed by atoms with Crippen LogP contribution in [0.5, 0.6) is 0 Å². The fourth-order valence-electron chi connectivity index (χ4n) is 0. The van der Waals surface area contributed by atoms with E-state index in [1.807, 2.05) is 0 Å². The Balaban J connectivity index is 0. The van der Waals surface area contributed by atoms with Crippen molar-refractivity contribution in [2.45, 2.75) is 0 Å². The Bertz CT molecular complexity index is 23.0. The van der Waals surface area contributed by atoms with E-state index in [4.69, 9.17) is 45.8 Å². The van der Waals surface area contributed by atoms with Crippen LogP contribution in [0.4, 0.5) is 0 Å². The fourth-order valence-corrected chi connectivity index (χ4v) is 0. The van der Waals surface area contributed by atoms with Crippen molar-refractivity contribution in [2.24, 2.45) is 0 Å². The molecule has 6 heavy (non-hydrogen) atoms. The number of hydrogen-bond donors (Lipinski definition) is 0. The molecule has 6 heteroatoms. The second-order valence-electron chi connectivity index (χ2n) is 0.495. The zero-order chi connectivity index (χ0) is 4.50. The van der Waals surface area contributed by atoms with Crippen molar-refractivity contribution in [1.29, 1.82) is 0 Å². The minimum absolute atomic E-state index is 0. The van der Waals surface area contributed by atoms with Gasteiger partial charge < -0.3 is 45.8 Å². The van der Waals surface area contributed by atoms with Crippen molar-refractivity contribution < 1.29 is 29.6 Å². The topological polar surface area (TPSA) is 0 Å². The Kier molecular flexibility index (Phi) is 7.64. The molecule has 0 aliphatic heterocycles. The van der Waals surface area contributed by atoms with Crippen molar-refractivity contribution in [3.63, 3.8) is 0 Å². The van der Waals surface area contributed by atoms with Gasteiger partial charge in [0.05, 0.1) is 0 Å². The van der Waals surface area contributed by atoms with Gasteiger partial charge in [-0.2, -0.15) is 0 Å². The SMILES string of the molecule is Cl[B-](Cl)(Cl)Cl.[Na+]. The van der Waals surface area contributed by atoms with Crippen LogP contribution in [0.15, 0.2) is 0 Å². The van der Waals surface area contributed by atoms with Gasteiger partial charge in [0, 0.05) is 0 Å². The number of halogens is 4. The first-order chi connectivity index (χ1) is 2.00. The third-order valence-corrected chi connectivity index (χ3v) is 0. The first-order valence-electron chi connectivity index (χ1n) is 0.873. The van der Waals surface area contributed by atoms with Gasteiger partial charge in [-0.25, -0.2) is 0 Å². The second kappa shape index (κ2) is 4.14. The monoisotopic (exact) mass is 174 g/mol. The summed E-state index contributed by atoms with van der Waals surface area (Å²) in [7, 11) is 0. The summed E-state index contributed by atoms with van der Waals surface area (Å²) in [4.78, 5) is 0. The van der Waals surface area contributed by atoms with Crippen LogP contribution in [-0.4, -0.2) is 3.81 Å². The van der Waals surface area contributed by atoms with E-state index >= 15 is 0 Å². The van der Waals surface area contributed by atoms with Crippen LogP contribution in [0, 0.1) is 0 Å². The van der Waals surface area contributed by atoms with Gasteiger partial charge in [-0.05, 0) is 0 Å². The third kappa shape index (κ3) is 34.3. The maximum absolute atomic E-state index is 4.89. The molecule has 32 valence electrons. The van der Waals surface area contributed by atoms with Crippen molar-refractivity contribution in [2.75, 3.05) is 0 Å². The van der Waals surface area contributed by atoms with E-state index < -0.39 is 3.81 Å². The summed E-state index contributed by atoms with van der Waals surface area (Å²) in [5.41, 5.74) is 0. The van der Waals surface area contributed by atoms with Crippen molar-refractivity contribution in [3.05, 3.63) is 0 Å². The number of hydrogen-bond acceptors (Lipinski definition) is 0. The van der Waals surface area contributed by atoms with E-state index in [0.29, 0.717) is 0 Å². The van der Waals surface area contributed by atoms with Crippen LogP contribution in [0.25, 0.3) is 0 Å². The minimum atomic E-state index is -2.11. The molecule has 0 rings (SSSR count). The van der Waals surface area contributed by atoms with E-state index in [2.05, 4.69) is 0 Å². The van der Waals surface area contributed by atoms with Crippen molar-refractivity contribution in [3.8, 4) is 0 Å². The third-order valence-electron chi connectivity index (χ3n) is 0. The second-order valence-corrected chi connectivity index (χ2v) is 4.45. The average Bonchev–Trinajstić information content (AvgIpc) is 0.722. The van der Waals surface area contributed by atoms with Gasteiger partial charge in [0.1, 0.15) is 0 Å². The first kappa shape index (κ1) is 11.1. The smallest absolute Gasteiger partial charge is 0.332 e. The Labute approximate surface area is 78.3 Å². The molecule has 0 saturated carbocycles. The molecule has 0 aromatic heterocycles. The molecule has 0 aliphatic carbocycles. The predicted molar refractivity (Wildman–Crippen MR) is 29.2 cm³/mol. The molecule has 0 radical (unpaired) electrons. The summed E-state index contributed by atoms with van der Waals surface area (Å²) in [6.45, 7) is 0. The van der Waals surface area contributed by atoms with Crippen LogP contribution in [0.3, 0.4) is 0 Å². The summed E-state index contributed by atoms with van der Waals surface area (Å²) in [6.07, 6.45) is 0. The normalized spacial score (nSPS) is 10.0. The summed E-state index contributed by atoms with van der Waals surface area (Å²) in [5, 5.41) is 0. The summed E-state index contributed by atoms with van der Waals surface area (Å²) >= 11 is 19.6. The van der Waals surface area contributed by atoms with E-state index in [0.717, 1.165) is 0 Å². The van der Waals surface area contributed by atoms with Crippen molar-refractivity contribution in [1.82, 2.24) is 0 Å². The van der Waals surface area contributed by atoms with Crippen LogP contribution in [-0.2, 0) is 0 Å². The largest absolute Gasteiger partial charge is 1.00 e. The van der Waals surface area contributed by atoms with Gasteiger partial charge in [0.15, 0.2) is 0 Å². The van der Waals surface area contributed by atoms with E-state index in [-0.39, 0.29) is 29.6 Å². The van der Waals surface area contributed by atoms with Gasteiger partial charge >= 0.3 is 33.4 Å². The maximum Gasteiger partial charge on any atom is 1.00 e. The van der Waals surface area contributed by atoms with Crippen LogP contribution in [0.1, 0.15) is 0 Å². The average molecular weight is 176 g/mol. The Morgan fingerprint density at radius 3 is 0.833 bits per heavy atom. The molecule has 0 aliphatic rings. The molecule has 0 nitrogen and oxygen atoms in total. The number of rotatable bonds is 0. The molecule has 0 aromatic carbocycles. The van der Waals surface area contributed by atoms with Gasteiger partial charge in [0.25, 0.3) is 0 Å². The zero-order valence-corrected chi connectivity index (χ0v) is 8.11. The van der Waals surface area contributed by atoms with Gasteiger partial charge in [-0.3, -0.25) is 0 Å². The molecule has 0 heterocycles. The summed E-state index contributed by atoms with van der Waals surface area (Å²) in [5.74, 6) is 0. The van der Waals surface area contributed by atoms with Crippen LogP contribution < -0.4 is 29.6 Å². The molecule has 0 saturated heterocycles. The standard InChI is InChI=1S/BCl4.Na/c2-1(3,4)5;/q-1;+1. The molecular weight excluding hydrogens is 176 g/mol. The van der Waals surface area contributed by atoms with Crippen molar-refractivity contribution >= 4 is 49.6 Å². The predicted octanol–water partition coefficient (Wildman–Crippen LogP) is -0.619. The quantitative estimate of drug-likeness (QED) is 0.431. The molecule has 0 bridgehead atoms. The molecule has 0 spiro atoms. The van der Waals surface area contributed by atoms with E-state index in [1.54, 1.807) is 0 Å². The van der Waals surface area contributed by atoms with Gasteiger partial charge in [0.2, 0.25) is 0 Å². The fraction of sp³-hybridized carbons (Fsp3) is 0. The Morgan fingerprint density at radius 1 is 0.833 bits per heavy atom. The molecular formula is BCl4Na. The maximum atomic E-state index is 4.89. The van der Waals surface area contributed by atoms with Crippen LogP contribution >= 0.6 is 45.8 Å². The first-order valence-corrected chi connectivity index (χ1v) is 2.62. The molecule has 0 atom stereocenters. The molecule has 0 aromatic rings. The summed E-state index contributed by atoms with van der Waals surface area (Å²) < 4.78 is -2.11. The Hall–Kier alpha value is 2.22. The zero-order valence-electron chi connectivity index (χ0n) is 3.09. The molecule has 0 amide bonds. The van der Waals surface area contributed by atoms with E-state index in [9.17, 15) is 0 Å². The van der Waals surface area contributed by atoms with Gasteiger partial charge in [-0.15, -0.1) is 0 Å². The van der Waals surface area contributed by atoms with Crippen LogP contribution in [0.2, 0.25) is 0 Å². The minimum Gasteiger partial charge on any atom is -0.332 e. The Morgan fingerprint density at radius 2 is 0.833 bits per heavy atom. The molecule has 0 fully saturated rings. The van der Waals surface area contributed by atoms with Gasteiger partial charge in [-0.1, -0.05) is 0 Å².